The number of carbonyl (C=O) groups is 1. The van der Waals surface area contributed by atoms with Crippen LogP contribution in [0.5, 0.6) is 0 Å². The molecule has 110 valence electrons. The van der Waals surface area contributed by atoms with Gasteiger partial charge in [-0.05, 0) is 31.5 Å². The van der Waals surface area contributed by atoms with Gasteiger partial charge in [0.15, 0.2) is 0 Å². The molecule has 1 atom stereocenters. The van der Waals surface area contributed by atoms with Crippen molar-refractivity contribution >= 4 is 11.6 Å². The fourth-order valence-corrected chi connectivity index (χ4v) is 2.50. The lowest BCUT2D eigenvalue weighted by Crippen LogP contribution is -2.61. The van der Waals surface area contributed by atoms with Crippen molar-refractivity contribution in [3.05, 3.63) is 30.3 Å². The van der Waals surface area contributed by atoms with Gasteiger partial charge in [0.05, 0.1) is 6.61 Å². The van der Waals surface area contributed by atoms with Gasteiger partial charge in [-0.1, -0.05) is 18.2 Å². The highest BCUT2D eigenvalue weighted by Gasteiger charge is 2.39. The second kappa shape index (κ2) is 7.26. The number of nitrogens with one attached hydrogen (secondary N) is 3. The number of para-hydroxylation sites is 1. The molecule has 1 unspecified atom stereocenters. The van der Waals surface area contributed by atoms with Crippen molar-refractivity contribution in [2.24, 2.45) is 0 Å². The molecule has 2 rings (SSSR count). The molecule has 0 spiro atoms. The molecule has 0 saturated carbocycles. The van der Waals surface area contributed by atoms with Gasteiger partial charge in [-0.3, -0.25) is 4.79 Å². The maximum absolute atomic E-state index is 12.5. The molecule has 1 heterocycles. The Morgan fingerprint density at radius 1 is 1.40 bits per heavy atom. The van der Waals surface area contributed by atoms with Crippen LogP contribution in [-0.2, 0) is 9.53 Å². The number of amides is 1. The second-order valence-corrected chi connectivity index (χ2v) is 5.10. The summed E-state index contributed by atoms with van der Waals surface area (Å²) >= 11 is 0. The van der Waals surface area contributed by atoms with Crippen molar-refractivity contribution in [2.75, 3.05) is 38.7 Å². The first kappa shape index (κ1) is 14.8. The second-order valence-electron chi connectivity index (χ2n) is 5.10. The van der Waals surface area contributed by atoms with Gasteiger partial charge < -0.3 is 20.7 Å². The molecule has 0 aliphatic carbocycles. The molecule has 0 radical (unpaired) electrons. The van der Waals surface area contributed by atoms with E-state index in [1.807, 2.05) is 30.3 Å². The van der Waals surface area contributed by atoms with E-state index in [0.717, 1.165) is 25.1 Å². The highest BCUT2D eigenvalue weighted by Crippen LogP contribution is 2.22. The minimum atomic E-state index is -0.576. The predicted octanol–water partition coefficient (Wildman–Crippen LogP) is 0.983. The molecule has 1 aliphatic rings. The van der Waals surface area contributed by atoms with Gasteiger partial charge in [0, 0.05) is 25.9 Å². The molecule has 5 nitrogen and oxygen atoms in total. The van der Waals surface area contributed by atoms with E-state index >= 15 is 0 Å². The lowest BCUT2D eigenvalue weighted by molar-refractivity contribution is -0.126. The highest BCUT2D eigenvalue weighted by atomic mass is 16.5. The van der Waals surface area contributed by atoms with E-state index in [9.17, 15) is 4.79 Å². The maximum atomic E-state index is 12.5. The van der Waals surface area contributed by atoms with Crippen LogP contribution in [0.4, 0.5) is 5.69 Å². The van der Waals surface area contributed by atoms with Crippen LogP contribution in [0.1, 0.15) is 12.8 Å². The van der Waals surface area contributed by atoms with Crippen LogP contribution < -0.4 is 16.0 Å². The quantitative estimate of drug-likeness (QED) is 0.678. The van der Waals surface area contributed by atoms with Crippen LogP contribution in [0.3, 0.4) is 0 Å². The molecular formula is C15H23N3O2. The van der Waals surface area contributed by atoms with E-state index in [-0.39, 0.29) is 5.91 Å². The largest absolute Gasteiger partial charge is 0.383 e. The van der Waals surface area contributed by atoms with Gasteiger partial charge in [0.1, 0.15) is 5.54 Å². The molecule has 5 heteroatoms. The number of piperidine rings is 1. The fourth-order valence-electron chi connectivity index (χ4n) is 2.50. The highest BCUT2D eigenvalue weighted by molar-refractivity contribution is 5.90. The number of ether oxygens (including phenoxy) is 1. The van der Waals surface area contributed by atoms with Gasteiger partial charge in [-0.2, -0.15) is 0 Å². The van der Waals surface area contributed by atoms with Gasteiger partial charge in [-0.15, -0.1) is 0 Å². The van der Waals surface area contributed by atoms with E-state index < -0.39 is 5.54 Å². The Morgan fingerprint density at radius 3 is 2.85 bits per heavy atom. The summed E-state index contributed by atoms with van der Waals surface area (Å²) in [5, 5.41) is 9.67. The standard InChI is InChI=1S/C15H23N3O2/c1-20-11-10-17-14(19)15(8-5-9-16-12-15)18-13-6-3-2-4-7-13/h2-4,6-7,16,18H,5,8-12H2,1H3,(H,17,19). The Labute approximate surface area is 120 Å². The summed E-state index contributed by atoms with van der Waals surface area (Å²) in [6, 6.07) is 9.87. The third kappa shape index (κ3) is 3.71. The Bertz CT molecular complexity index is 416. The van der Waals surface area contributed by atoms with E-state index in [1.165, 1.54) is 0 Å². The summed E-state index contributed by atoms with van der Waals surface area (Å²) in [5.74, 6) is 0.0330. The molecular weight excluding hydrogens is 254 g/mol. The SMILES string of the molecule is COCCNC(=O)C1(Nc2ccccc2)CCCNC1. The third-order valence-corrected chi connectivity index (χ3v) is 3.57. The smallest absolute Gasteiger partial charge is 0.247 e. The van der Waals surface area contributed by atoms with Crippen molar-refractivity contribution in [3.8, 4) is 0 Å². The summed E-state index contributed by atoms with van der Waals surface area (Å²) < 4.78 is 4.98. The molecule has 1 aromatic rings. The molecule has 1 aromatic carbocycles. The average Bonchev–Trinajstić information content (AvgIpc) is 2.49. The summed E-state index contributed by atoms with van der Waals surface area (Å²) in [6.45, 7) is 2.67. The van der Waals surface area contributed by atoms with E-state index in [4.69, 9.17) is 4.74 Å². The van der Waals surface area contributed by atoms with Crippen molar-refractivity contribution in [2.45, 2.75) is 18.4 Å². The summed E-state index contributed by atoms with van der Waals surface area (Å²) in [6.07, 6.45) is 1.81. The minimum absolute atomic E-state index is 0.0330. The Hall–Kier alpha value is -1.59. The van der Waals surface area contributed by atoms with Crippen LogP contribution in [0.25, 0.3) is 0 Å². The van der Waals surface area contributed by atoms with Gasteiger partial charge in [0.2, 0.25) is 5.91 Å². The molecule has 0 aromatic heterocycles. The average molecular weight is 277 g/mol. The van der Waals surface area contributed by atoms with Crippen molar-refractivity contribution in [1.29, 1.82) is 0 Å². The third-order valence-electron chi connectivity index (χ3n) is 3.57. The zero-order valence-electron chi connectivity index (χ0n) is 11.9. The van der Waals surface area contributed by atoms with Crippen LogP contribution in [-0.4, -0.2) is 44.8 Å². The lowest BCUT2D eigenvalue weighted by atomic mass is 9.88. The Balaban J connectivity index is 2.06. The number of methoxy groups -OCH3 is 1. The van der Waals surface area contributed by atoms with Gasteiger partial charge in [0.25, 0.3) is 0 Å². The van der Waals surface area contributed by atoms with E-state index in [1.54, 1.807) is 7.11 Å². The number of anilines is 1. The lowest BCUT2D eigenvalue weighted by Gasteiger charge is -2.37. The monoisotopic (exact) mass is 277 g/mol. The first-order chi connectivity index (χ1) is 9.77. The number of hydrogen-bond donors (Lipinski definition) is 3. The van der Waals surface area contributed by atoms with E-state index in [0.29, 0.717) is 19.7 Å². The maximum Gasteiger partial charge on any atom is 0.247 e. The Morgan fingerprint density at radius 2 is 2.20 bits per heavy atom. The first-order valence-corrected chi connectivity index (χ1v) is 7.08. The normalized spacial score (nSPS) is 22.2. The molecule has 20 heavy (non-hydrogen) atoms. The van der Waals surface area contributed by atoms with Crippen LogP contribution in [0.15, 0.2) is 30.3 Å². The first-order valence-electron chi connectivity index (χ1n) is 7.08. The van der Waals surface area contributed by atoms with Gasteiger partial charge in [-0.25, -0.2) is 0 Å². The molecule has 1 amide bonds. The fraction of sp³-hybridized carbons (Fsp3) is 0.533. The molecule has 0 bridgehead atoms. The van der Waals surface area contributed by atoms with Crippen LogP contribution in [0, 0.1) is 0 Å². The van der Waals surface area contributed by atoms with Crippen molar-refractivity contribution in [3.63, 3.8) is 0 Å². The minimum Gasteiger partial charge on any atom is -0.383 e. The number of rotatable bonds is 6. The summed E-state index contributed by atoms with van der Waals surface area (Å²) in [4.78, 5) is 12.5. The molecule has 1 fully saturated rings. The number of carbonyl (C=O) groups excluding carboxylic acids is 1. The topological polar surface area (TPSA) is 62.4 Å². The Kier molecular flexibility index (Phi) is 5.38. The summed E-state index contributed by atoms with van der Waals surface area (Å²) in [5.41, 5.74) is 0.394. The molecule has 1 aliphatic heterocycles. The summed E-state index contributed by atoms with van der Waals surface area (Å²) in [7, 11) is 1.63. The number of hydrogen-bond acceptors (Lipinski definition) is 4. The number of benzene rings is 1. The van der Waals surface area contributed by atoms with Crippen LogP contribution in [0.2, 0.25) is 0 Å². The molecule has 3 N–H and O–H groups in total. The van der Waals surface area contributed by atoms with Crippen molar-refractivity contribution < 1.29 is 9.53 Å². The van der Waals surface area contributed by atoms with Crippen molar-refractivity contribution in [1.82, 2.24) is 10.6 Å². The van der Waals surface area contributed by atoms with Crippen LogP contribution >= 0.6 is 0 Å². The predicted molar refractivity (Wildman–Crippen MR) is 79.8 cm³/mol. The zero-order valence-corrected chi connectivity index (χ0v) is 11.9. The van der Waals surface area contributed by atoms with Gasteiger partial charge >= 0.3 is 0 Å². The zero-order chi connectivity index (χ0) is 14.3. The van der Waals surface area contributed by atoms with E-state index in [2.05, 4.69) is 16.0 Å². The molecule has 1 saturated heterocycles.